The van der Waals surface area contributed by atoms with Crippen molar-refractivity contribution in [3.8, 4) is 0 Å². The Kier molecular flexibility index (Phi) is 9.49. The van der Waals surface area contributed by atoms with Gasteiger partial charge in [0.1, 0.15) is 6.04 Å². The van der Waals surface area contributed by atoms with E-state index in [4.69, 9.17) is 4.74 Å². The molecule has 3 aliphatic rings. The normalized spacial score (nSPS) is 31.8. The molecule has 196 valence electrons. The average molecular weight is 507 g/mol. The number of amides is 2. The van der Waals surface area contributed by atoms with Crippen molar-refractivity contribution in [3.63, 3.8) is 0 Å². The summed E-state index contributed by atoms with van der Waals surface area (Å²) in [6, 6.07) is -1.18. The van der Waals surface area contributed by atoms with E-state index in [2.05, 4.69) is 27.0 Å². The Bertz CT molecular complexity index is 815. The predicted octanol–water partition coefficient (Wildman–Crippen LogP) is 3.42. The highest BCUT2D eigenvalue weighted by atomic mass is 32.2. The van der Waals surface area contributed by atoms with Crippen LogP contribution in [-0.4, -0.2) is 81.1 Å². The molecule has 0 radical (unpaired) electrons. The molecule has 7 nitrogen and oxygen atoms in total. The van der Waals surface area contributed by atoms with Crippen molar-refractivity contribution in [2.24, 2.45) is 17.8 Å². The Morgan fingerprint density at radius 1 is 1.31 bits per heavy atom. The maximum atomic E-state index is 14.2. The van der Waals surface area contributed by atoms with E-state index in [1.807, 2.05) is 11.8 Å². The number of hydrogen-bond donors (Lipinski definition) is 1. The number of unbranched alkanes of at least 4 members (excludes halogenated alkanes) is 2. The highest BCUT2D eigenvalue weighted by molar-refractivity contribution is 8.02. The topological polar surface area (TPSA) is 87.1 Å². The Morgan fingerprint density at radius 3 is 2.66 bits per heavy atom. The molecular formula is C27H42N2O5S. The molecule has 2 amide bonds. The summed E-state index contributed by atoms with van der Waals surface area (Å²) >= 11 is 1.64. The van der Waals surface area contributed by atoms with Gasteiger partial charge in [0.2, 0.25) is 11.8 Å². The molecule has 3 rings (SSSR count). The van der Waals surface area contributed by atoms with Crippen molar-refractivity contribution >= 4 is 29.5 Å². The Morgan fingerprint density at radius 2 is 2.06 bits per heavy atom. The molecule has 0 aromatic carbocycles. The Hall–Kier alpha value is -1.80. The number of carbonyl (C=O) groups is 3. The summed E-state index contributed by atoms with van der Waals surface area (Å²) in [4.78, 5) is 45.0. The van der Waals surface area contributed by atoms with Crippen LogP contribution in [0.1, 0.15) is 59.3 Å². The molecule has 3 unspecified atom stereocenters. The van der Waals surface area contributed by atoms with Gasteiger partial charge in [-0.3, -0.25) is 14.4 Å². The fourth-order valence-electron chi connectivity index (χ4n) is 6.33. The molecule has 1 spiro atoms. The third kappa shape index (κ3) is 4.80. The van der Waals surface area contributed by atoms with Crippen LogP contribution in [0, 0.1) is 17.8 Å². The quantitative estimate of drug-likeness (QED) is 0.221. The van der Waals surface area contributed by atoms with Crippen LogP contribution >= 0.6 is 11.8 Å². The lowest BCUT2D eigenvalue weighted by Gasteiger charge is -2.42. The van der Waals surface area contributed by atoms with E-state index in [-0.39, 0.29) is 42.2 Å². The number of rotatable bonds is 14. The van der Waals surface area contributed by atoms with Crippen molar-refractivity contribution in [2.75, 3.05) is 26.3 Å². The summed E-state index contributed by atoms with van der Waals surface area (Å²) in [7, 11) is 0. The standard InChI is InChI=1S/C27H42N2O5S/c1-6-10-12-14-28(13-8-3)25(32)23-27-18(5)16-20(35-27)21(26(33)34-15-11-7-2)22(27)24(31)29(23)19(9-4)17-30/h7-8,18-23,30H,2-3,6,9-17H2,1,4-5H3/t18?,19-,20+,21-,22-,23?,27?/m0/s1. The first-order valence-electron chi connectivity index (χ1n) is 13.1. The van der Waals surface area contributed by atoms with Gasteiger partial charge in [0, 0.05) is 18.3 Å². The van der Waals surface area contributed by atoms with Gasteiger partial charge in [0.05, 0.1) is 35.8 Å². The van der Waals surface area contributed by atoms with Gasteiger partial charge in [-0.05, 0) is 31.6 Å². The molecule has 3 saturated heterocycles. The van der Waals surface area contributed by atoms with Crippen LogP contribution in [-0.2, 0) is 19.1 Å². The first kappa shape index (κ1) is 27.8. The predicted molar refractivity (Wildman–Crippen MR) is 139 cm³/mol. The highest BCUT2D eigenvalue weighted by Crippen LogP contribution is 2.69. The molecular weight excluding hydrogens is 464 g/mol. The molecule has 0 aromatic heterocycles. The number of carbonyl (C=O) groups excluding carboxylic acids is 3. The smallest absolute Gasteiger partial charge is 0.310 e. The summed E-state index contributed by atoms with van der Waals surface area (Å²) in [6.45, 7) is 14.7. The summed E-state index contributed by atoms with van der Waals surface area (Å²) in [5, 5.41) is 10.1. The molecule has 35 heavy (non-hydrogen) atoms. The largest absolute Gasteiger partial charge is 0.465 e. The van der Waals surface area contributed by atoms with E-state index < -0.39 is 28.7 Å². The fraction of sp³-hybridized carbons (Fsp3) is 0.741. The van der Waals surface area contributed by atoms with Gasteiger partial charge >= 0.3 is 5.97 Å². The van der Waals surface area contributed by atoms with E-state index in [0.29, 0.717) is 25.9 Å². The molecule has 8 heteroatoms. The summed E-state index contributed by atoms with van der Waals surface area (Å²) in [5.74, 6) is -1.74. The third-order valence-electron chi connectivity index (χ3n) is 8.02. The van der Waals surface area contributed by atoms with Gasteiger partial charge in [-0.2, -0.15) is 0 Å². The lowest BCUT2D eigenvalue weighted by Crippen LogP contribution is -2.59. The van der Waals surface area contributed by atoms with Crippen molar-refractivity contribution < 1.29 is 24.2 Å². The number of nitrogens with zero attached hydrogens (tertiary/aromatic N) is 2. The van der Waals surface area contributed by atoms with Gasteiger partial charge in [0.25, 0.3) is 0 Å². The zero-order valence-corrected chi connectivity index (χ0v) is 22.3. The monoisotopic (exact) mass is 506 g/mol. The highest BCUT2D eigenvalue weighted by Gasteiger charge is 2.77. The lowest BCUT2D eigenvalue weighted by atomic mass is 9.66. The zero-order valence-electron chi connectivity index (χ0n) is 21.5. The molecule has 3 aliphatic heterocycles. The van der Waals surface area contributed by atoms with Crippen LogP contribution in [0.25, 0.3) is 0 Å². The van der Waals surface area contributed by atoms with Gasteiger partial charge in [-0.15, -0.1) is 24.9 Å². The Balaban J connectivity index is 2.03. The van der Waals surface area contributed by atoms with Gasteiger partial charge < -0.3 is 19.6 Å². The first-order valence-corrected chi connectivity index (χ1v) is 14.0. The van der Waals surface area contributed by atoms with Crippen molar-refractivity contribution in [2.45, 2.75) is 81.4 Å². The lowest BCUT2D eigenvalue weighted by molar-refractivity contribution is -0.155. The number of esters is 1. The fourth-order valence-corrected chi connectivity index (χ4v) is 8.72. The first-order chi connectivity index (χ1) is 16.8. The summed E-state index contributed by atoms with van der Waals surface area (Å²) in [6.07, 6.45) is 8.22. The van der Waals surface area contributed by atoms with E-state index in [9.17, 15) is 19.5 Å². The van der Waals surface area contributed by atoms with Gasteiger partial charge in [-0.25, -0.2) is 0 Å². The number of hydrogen-bond acceptors (Lipinski definition) is 6. The molecule has 7 atom stereocenters. The average Bonchev–Trinajstić information content (AvgIpc) is 3.43. The second kappa shape index (κ2) is 12.0. The number of aliphatic hydroxyl groups is 1. The summed E-state index contributed by atoms with van der Waals surface area (Å²) < 4.78 is 4.85. The van der Waals surface area contributed by atoms with Crippen molar-refractivity contribution in [1.29, 1.82) is 0 Å². The molecule has 2 bridgehead atoms. The van der Waals surface area contributed by atoms with E-state index >= 15 is 0 Å². The Labute approximate surface area is 214 Å². The summed E-state index contributed by atoms with van der Waals surface area (Å²) in [5.41, 5.74) is 0. The minimum Gasteiger partial charge on any atom is -0.465 e. The minimum absolute atomic E-state index is 0.0465. The van der Waals surface area contributed by atoms with Crippen LogP contribution in [0.15, 0.2) is 25.3 Å². The second-order valence-electron chi connectivity index (χ2n) is 10.1. The van der Waals surface area contributed by atoms with Crippen LogP contribution in [0.4, 0.5) is 0 Å². The molecule has 0 saturated carbocycles. The number of thioether (sulfide) groups is 1. The van der Waals surface area contributed by atoms with E-state index in [1.165, 1.54) is 0 Å². The van der Waals surface area contributed by atoms with Crippen molar-refractivity contribution in [1.82, 2.24) is 9.80 Å². The number of likely N-dealkylation sites (tertiary alicyclic amines) is 1. The van der Waals surface area contributed by atoms with Crippen LogP contribution in [0.2, 0.25) is 0 Å². The zero-order chi connectivity index (χ0) is 25.8. The van der Waals surface area contributed by atoms with Crippen molar-refractivity contribution in [3.05, 3.63) is 25.3 Å². The SMILES string of the molecule is C=CCCOC(=O)[C@@H]1[C@H]2C(=O)N([C@@H](CC)CO)C(C(=O)N(CC=C)CCCCC)C23S[C@@H]1CC3C. The van der Waals surface area contributed by atoms with Crippen LogP contribution in [0.5, 0.6) is 0 Å². The van der Waals surface area contributed by atoms with Crippen LogP contribution in [0.3, 0.4) is 0 Å². The molecule has 1 N–H and O–H groups in total. The molecule has 3 fully saturated rings. The molecule has 0 aliphatic carbocycles. The minimum atomic E-state index is -0.713. The molecule has 3 heterocycles. The maximum absolute atomic E-state index is 14.2. The number of fused-ring (bicyclic) bond motifs is 1. The van der Waals surface area contributed by atoms with Gasteiger partial charge in [0.15, 0.2) is 0 Å². The van der Waals surface area contributed by atoms with Gasteiger partial charge in [-0.1, -0.05) is 45.8 Å². The van der Waals surface area contributed by atoms with E-state index in [1.54, 1.807) is 28.8 Å². The molecule has 0 aromatic rings. The second-order valence-corrected chi connectivity index (χ2v) is 11.6. The van der Waals surface area contributed by atoms with E-state index in [0.717, 1.165) is 25.7 Å². The van der Waals surface area contributed by atoms with Crippen LogP contribution < -0.4 is 0 Å². The number of aliphatic hydroxyl groups excluding tert-OH is 1. The maximum Gasteiger partial charge on any atom is 0.310 e. The third-order valence-corrected chi connectivity index (χ3v) is 10.1. The number of ether oxygens (including phenoxy) is 1.